The Bertz CT molecular complexity index is 183. The Hall–Kier alpha value is -0.0800. The predicted octanol–water partition coefficient (Wildman–Crippen LogP) is 2.00. The molecule has 2 rings (SSSR count). The van der Waals surface area contributed by atoms with Crippen molar-refractivity contribution in [2.75, 3.05) is 19.6 Å². The monoisotopic (exact) mass is 196 g/mol. The van der Waals surface area contributed by atoms with Crippen LogP contribution < -0.4 is 5.32 Å². The van der Waals surface area contributed by atoms with Gasteiger partial charge in [0.15, 0.2) is 0 Å². The molecule has 0 aromatic rings. The number of nitrogens with zero attached hydrogens (tertiary/aromatic N) is 1. The normalized spacial score (nSPS) is 35.4. The molecule has 0 aliphatic carbocycles. The van der Waals surface area contributed by atoms with Gasteiger partial charge in [-0.15, -0.1) is 0 Å². The SMILES string of the molecule is CC(C)N1CCCCC2(CCCN2)C1. The standard InChI is InChI=1S/C12H24N2/c1-11(2)14-9-4-3-6-12(10-14)7-5-8-13-12/h11,13H,3-10H2,1-2H3. The van der Waals surface area contributed by atoms with Crippen molar-refractivity contribution in [3.05, 3.63) is 0 Å². The van der Waals surface area contributed by atoms with Crippen LogP contribution in [0.15, 0.2) is 0 Å². The van der Waals surface area contributed by atoms with Gasteiger partial charge in [-0.2, -0.15) is 0 Å². The number of hydrogen-bond donors (Lipinski definition) is 1. The van der Waals surface area contributed by atoms with Crippen molar-refractivity contribution in [1.29, 1.82) is 0 Å². The van der Waals surface area contributed by atoms with Gasteiger partial charge in [0.1, 0.15) is 0 Å². The first-order chi connectivity index (χ1) is 6.72. The van der Waals surface area contributed by atoms with Crippen LogP contribution in [0.3, 0.4) is 0 Å². The fraction of sp³-hybridized carbons (Fsp3) is 1.00. The van der Waals surface area contributed by atoms with E-state index in [-0.39, 0.29) is 0 Å². The topological polar surface area (TPSA) is 15.3 Å². The number of rotatable bonds is 1. The van der Waals surface area contributed by atoms with Crippen LogP contribution in [0.5, 0.6) is 0 Å². The first-order valence-electron chi connectivity index (χ1n) is 6.21. The summed E-state index contributed by atoms with van der Waals surface area (Å²) in [6, 6.07) is 0.715. The minimum Gasteiger partial charge on any atom is -0.310 e. The molecule has 82 valence electrons. The van der Waals surface area contributed by atoms with Crippen molar-refractivity contribution >= 4 is 0 Å². The van der Waals surface area contributed by atoms with Gasteiger partial charge in [-0.1, -0.05) is 6.42 Å². The minimum atomic E-state index is 0.487. The molecule has 1 N–H and O–H groups in total. The molecule has 1 atom stereocenters. The molecule has 0 amide bonds. The number of nitrogens with one attached hydrogen (secondary N) is 1. The maximum atomic E-state index is 3.76. The van der Waals surface area contributed by atoms with Crippen molar-refractivity contribution in [3.8, 4) is 0 Å². The molecule has 0 aromatic heterocycles. The van der Waals surface area contributed by atoms with Crippen LogP contribution in [0.25, 0.3) is 0 Å². The average molecular weight is 196 g/mol. The highest BCUT2D eigenvalue weighted by Crippen LogP contribution is 2.29. The van der Waals surface area contributed by atoms with Crippen LogP contribution in [0.1, 0.15) is 46.0 Å². The molecule has 1 unspecified atom stereocenters. The summed E-state index contributed by atoms with van der Waals surface area (Å²) in [6.45, 7) is 8.49. The second-order valence-corrected chi connectivity index (χ2v) is 5.33. The van der Waals surface area contributed by atoms with E-state index in [1.54, 1.807) is 0 Å². The van der Waals surface area contributed by atoms with E-state index in [2.05, 4.69) is 24.1 Å². The zero-order chi connectivity index (χ0) is 10.0. The van der Waals surface area contributed by atoms with Crippen molar-refractivity contribution in [2.45, 2.75) is 57.5 Å². The number of likely N-dealkylation sites (tertiary alicyclic amines) is 1. The molecule has 2 saturated heterocycles. The Morgan fingerprint density at radius 3 is 2.57 bits per heavy atom. The van der Waals surface area contributed by atoms with Crippen LogP contribution in [0.4, 0.5) is 0 Å². The van der Waals surface area contributed by atoms with Gasteiger partial charge in [0.2, 0.25) is 0 Å². The Balaban J connectivity index is 2.03. The largest absolute Gasteiger partial charge is 0.310 e. The van der Waals surface area contributed by atoms with Crippen molar-refractivity contribution in [3.63, 3.8) is 0 Å². The smallest absolute Gasteiger partial charge is 0.0309 e. The molecule has 2 heterocycles. The van der Waals surface area contributed by atoms with Crippen molar-refractivity contribution < 1.29 is 0 Å². The summed E-state index contributed by atoms with van der Waals surface area (Å²) in [5.74, 6) is 0. The molecule has 0 radical (unpaired) electrons. The van der Waals surface area contributed by atoms with E-state index >= 15 is 0 Å². The van der Waals surface area contributed by atoms with E-state index in [4.69, 9.17) is 0 Å². The lowest BCUT2D eigenvalue weighted by atomic mass is 9.91. The van der Waals surface area contributed by atoms with Gasteiger partial charge >= 0.3 is 0 Å². The van der Waals surface area contributed by atoms with E-state index in [0.717, 1.165) is 0 Å². The molecule has 2 fully saturated rings. The van der Waals surface area contributed by atoms with Crippen LogP contribution in [0, 0.1) is 0 Å². The molecule has 14 heavy (non-hydrogen) atoms. The minimum absolute atomic E-state index is 0.487. The highest BCUT2D eigenvalue weighted by atomic mass is 15.2. The van der Waals surface area contributed by atoms with Gasteiger partial charge in [-0.05, 0) is 52.6 Å². The quantitative estimate of drug-likeness (QED) is 0.690. The summed E-state index contributed by atoms with van der Waals surface area (Å²) in [5, 5.41) is 3.76. The maximum Gasteiger partial charge on any atom is 0.0309 e. The van der Waals surface area contributed by atoms with Gasteiger partial charge in [-0.3, -0.25) is 4.90 Å². The first-order valence-corrected chi connectivity index (χ1v) is 6.21. The predicted molar refractivity (Wildman–Crippen MR) is 60.5 cm³/mol. The molecule has 2 nitrogen and oxygen atoms in total. The van der Waals surface area contributed by atoms with E-state index < -0.39 is 0 Å². The molecule has 2 aliphatic rings. The first kappa shape index (κ1) is 10.4. The van der Waals surface area contributed by atoms with E-state index in [1.807, 2.05) is 0 Å². The summed E-state index contributed by atoms with van der Waals surface area (Å²) >= 11 is 0. The van der Waals surface area contributed by atoms with Crippen LogP contribution in [-0.2, 0) is 0 Å². The molecule has 0 aromatic carbocycles. The summed E-state index contributed by atoms with van der Waals surface area (Å²) in [4.78, 5) is 2.66. The lowest BCUT2D eigenvalue weighted by molar-refractivity contribution is 0.173. The van der Waals surface area contributed by atoms with Crippen molar-refractivity contribution in [2.24, 2.45) is 0 Å². The fourth-order valence-electron chi connectivity index (χ4n) is 2.98. The molecule has 0 bridgehead atoms. The van der Waals surface area contributed by atoms with Crippen molar-refractivity contribution in [1.82, 2.24) is 10.2 Å². The molecule has 2 aliphatic heterocycles. The zero-order valence-corrected chi connectivity index (χ0v) is 9.68. The van der Waals surface area contributed by atoms with Crippen LogP contribution >= 0.6 is 0 Å². The summed E-state index contributed by atoms with van der Waals surface area (Å²) in [6.07, 6.45) is 6.98. The van der Waals surface area contributed by atoms with Crippen LogP contribution in [-0.4, -0.2) is 36.1 Å². The van der Waals surface area contributed by atoms with Gasteiger partial charge in [0, 0.05) is 18.1 Å². The second-order valence-electron chi connectivity index (χ2n) is 5.33. The van der Waals surface area contributed by atoms with Gasteiger partial charge in [0.05, 0.1) is 0 Å². The lowest BCUT2D eigenvalue weighted by Gasteiger charge is -2.35. The second kappa shape index (κ2) is 4.19. The Morgan fingerprint density at radius 2 is 1.93 bits per heavy atom. The number of hydrogen-bond acceptors (Lipinski definition) is 2. The van der Waals surface area contributed by atoms with Crippen LogP contribution in [0.2, 0.25) is 0 Å². The van der Waals surface area contributed by atoms with E-state index in [1.165, 1.54) is 51.7 Å². The molecule has 2 heteroatoms. The van der Waals surface area contributed by atoms with Gasteiger partial charge in [-0.25, -0.2) is 0 Å². The Kier molecular flexibility index (Phi) is 3.13. The average Bonchev–Trinajstić information content (AvgIpc) is 2.47. The maximum absolute atomic E-state index is 3.76. The summed E-state index contributed by atoms with van der Waals surface area (Å²) in [7, 11) is 0. The third-order valence-electron chi connectivity index (χ3n) is 3.92. The third kappa shape index (κ3) is 2.12. The van der Waals surface area contributed by atoms with E-state index in [0.29, 0.717) is 11.6 Å². The summed E-state index contributed by atoms with van der Waals surface area (Å²) < 4.78 is 0. The highest BCUT2D eigenvalue weighted by Gasteiger charge is 2.36. The van der Waals surface area contributed by atoms with E-state index in [9.17, 15) is 0 Å². The Labute approximate surface area is 88.1 Å². The molecule has 1 spiro atoms. The summed E-state index contributed by atoms with van der Waals surface area (Å²) in [5.41, 5.74) is 0.487. The molecular weight excluding hydrogens is 172 g/mol. The third-order valence-corrected chi connectivity index (χ3v) is 3.92. The lowest BCUT2D eigenvalue weighted by Crippen LogP contribution is -2.50. The van der Waals surface area contributed by atoms with Gasteiger partial charge < -0.3 is 5.32 Å². The highest BCUT2D eigenvalue weighted by molar-refractivity contribution is 4.97. The molecule has 0 saturated carbocycles. The fourth-order valence-corrected chi connectivity index (χ4v) is 2.98. The van der Waals surface area contributed by atoms with Gasteiger partial charge in [0.25, 0.3) is 0 Å². The Morgan fingerprint density at radius 1 is 1.14 bits per heavy atom. The molecular formula is C12H24N2. The zero-order valence-electron chi connectivity index (χ0n) is 9.68.